The molecule has 1 N–H and O–H groups in total. The lowest BCUT2D eigenvalue weighted by Gasteiger charge is -2.14. The third-order valence-electron chi connectivity index (χ3n) is 5.19. The quantitative estimate of drug-likeness (QED) is 0.351. The number of aliphatic carboxylic acids is 1. The fourth-order valence-corrected chi connectivity index (χ4v) is 3.84. The summed E-state index contributed by atoms with van der Waals surface area (Å²) in [5.74, 6) is 0.0150. The summed E-state index contributed by atoms with van der Waals surface area (Å²) in [6.45, 7) is 4.21. The first-order chi connectivity index (χ1) is 16.5. The van der Waals surface area contributed by atoms with Gasteiger partial charge >= 0.3 is 12.1 Å². The second kappa shape index (κ2) is 11.0. The summed E-state index contributed by atoms with van der Waals surface area (Å²) in [4.78, 5) is 15.1. The van der Waals surface area contributed by atoms with Crippen LogP contribution in [0.3, 0.4) is 0 Å². The monoisotopic (exact) mass is 511 g/mol. The Hall–Kier alpha value is -3.27. The van der Waals surface area contributed by atoms with Gasteiger partial charge < -0.3 is 14.6 Å². The zero-order chi connectivity index (χ0) is 25.8. The molecule has 0 aliphatic carbocycles. The van der Waals surface area contributed by atoms with Gasteiger partial charge in [0.05, 0.1) is 36.4 Å². The van der Waals surface area contributed by atoms with E-state index in [4.69, 9.17) is 26.2 Å². The van der Waals surface area contributed by atoms with Crippen LogP contribution in [0.1, 0.15) is 48.6 Å². The van der Waals surface area contributed by atoms with Gasteiger partial charge in [0, 0.05) is 18.0 Å². The van der Waals surface area contributed by atoms with Crippen LogP contribution in [-0.4, -0.2) is 39.6 Å². The average Bonchev–Trinajstić information content (AvgIpc) is 3.20. The molecule has 2 aromatic heterocycles. The highest BCUT2D eigenvalue weighted by Gasteiger charge is 2.32. The van der Waals surface area contributed by atoms with E-state index in [0.717, 1.165) is 23.5 Å². The number of aromatic nitrogens is 3. The molecule has 0 atom stereocenters. The first kappa shape index (κ1) is 26.3. The minimum Gasteiger partial charge on any atom is -0.493 e. The Bertz CT molecular complexity index is 1200. The summed E-state index contributed by atoms with van der Waals surface area (Å²) in [5, 5.41) is 13.5. The molecule has 3 rings (SSSR count). The number of para-hydroxylation sites is 1. The second-order valence-electron chi connectivity index (χ2n) is 8.14. The van der Waals surface area contributed by atoms with Gasteiger partial charge in [0.15, 0.2) is 17.3 Å². The molecule has 11 heteroatoms. The number of carbonyl (C=O) groups is 1. The van der Waals surface area contributed by atoms with E-state index in [-0.39, 0.29) is 29.8 Å². The fraction of sp³-hybridized carbons (Fsp3) is 0.375. The van der Waals surface area contributed by atoms with E-state index in [2.05, 4.69) is 10.1 Å². The molecule has 0 bridgehead atoms. The van der Waals surface area contributed by atoms with Crippen LogP contribution in [0.25, 0.3) is 5.82 Å². The number of aryl methyl sites for hydroxylation is 1. The maximum Gasteiger partial charge on any atom is 0.417 e. The van der Waals surface area contributed by atoms with Crippen molar-refractivity contribution in [2.45, 2.75) is 45.2 Å². The van der Waals surface area contributed by atoms with Crippen LogP contribution in [-0.2, 0) is 23.8 Å². The number of pyridine rings is 1. The van der Waals surface area contributed by atoms with Crippen molar-refractivity contribution >= 4 is 17.6 Å². The first-order valence-electron chi connectivity index (χ1n) is 10.8. The summed E-state index contributed by atoms with van der Waals surface area (Å²) in [7, 11) is 1.48. The molecule has 0 aliphatic heterocycles. The van der Waals surface area contributed by atoms with Gasteiger partial charge in [-0.2, -0.15) is 18.3 Å². The van der Waals surface area contributed by atoms with Gasteiger partial charge in [0.2, 0.25) is 0 Å². The molecule has 1 aromatic carbocycles. The molecule has 7 nitrogen and oxygen atoms in total. The van der Waals surface area contributed by atoms with Gasteiger partial charge in [-0.25, -0.2) is 9.67 Å². The molecule has 0 unspecified atom stereocenters. The number of hydrogen-bond donors (Lipinski definition) is 1. The highest BCUT2D eigenvalue weighted by atomic mass is 35.5. The van der Waals surface area contributed by atoms with Crippen LogP contribution in [0.5, 0.6) is 11.5 Å². The van der Waals surface area contributed by atoms with Crippen LogP contribution in [0.15, 0.2) is 36.7 Å². The van der Waals surface area contributed by atoms with Crippen molar-refractivity contribution in [3.05, 3.63) is 64.1 Å². The fourth-order valence-electron chi connectivity index (χ4n) is 3.59. The number of carboxylic acid groups (broad SMARTS) is 1. The van der Waals surface area contributed by atoms with Crippen molar-refractivity contribution in [3.8, 4) is 17.3 Å². The SMILES string of the molecule is COc1cccc(CC(=O)O)c1OCCCc1cn(-c2ncc(C(F)(F)F)cc2Cl)nc1C(C)C. The molecule has 0 saturated heterocycles. The number of nitrogens with zero attached hydrogens (tertiary/aromatic N) is 3. The van der Waals surface area contributed by atoms with Crippen molar-refractivity contribution < 1.29 is 32.5 Å². The van der Waals surface area contributed by atoms with Crippen LogP contribution in [0.4, 0.5) is 13.2 Å². The molecule has 0 spiro atoms. The lowest BCUT2D eigenvalue weighted by Crippen LogP contribution is -2.08. The van der Waals surface area contributed by atoms with Crippen molar-refractivity contribution in [1.82, 2.24) is 14.8 Å². The Kier molecular flexibility index (Phi) is 8.26. The van der Waals surface area contributed by atoms with E-state index >= 15 is 0 Å². The highest BCUT2D eigenvalue weighted by molar-refractivity contribution is 6.32. The largest absolute Gasteiger partial charge is 0.493 e. The van der Waals surface area contributed by atoms with Gasteiger partial charge in [0.1, 0.15) is 0 Å². The average molecular weight is 512 g/mol. The van der Waals surface area contributed by atoms with Gasteiger partial charge in [-0.1, -0.05) is 37.6 Å². The van der Waals surface area contributed by atoms with Gasteiger partial charge in [-0.15, -0.1) is 0 Å². The molecule has 0 saturated carbocycles. The van der Waals surface area contributed by atoms with Gasteiger partial charge in [-0.3, -0.25) is 4.79 Å². The molecular formula is C24H25ClF3N3O4. The molecule has 0 radical (unpaired) electrons. The number of methoxy groups -OCH3 is 1. The number of ether oxygens (including phenoxy) is 2. The van der Waals surface area contributed by atoms with E-state index in [9.17, 15) is 18.0 Å². The van der Waals surface area contributed by atoms with Crippen molar-refractivity contribution in [1.29, 1.82) is 0 Å². The molecule has 2 heterocycles. The smallest absolute Gasteiger partial charge is 0.417 e. The molecule has 3 aromatic rings. The minimum atomic E-state index is -4.54. The Morgan fingerprint density at radius 1 is 1.26 bits per heavy atom. The van der Waals surface area contributed by atoms with E-state index < -0.39 is 17.7 Å². The van der Waals surface area contributed by atoms with E-state index in [1.807, 2.05) is 13.8 Å². The lowest BCUT2D eigenvalue weighted by molar-refractivity contribution is -0.138. The lowest BCUT2D eigenvalue weighted by atomic mass is 10.0. The van der Waals surface area contributed by atoms with Crippen LogP contribution < -0.4 is 9.47 Å². The standard InChI is InChI=1S/C24H25ClF3N3O4/c1-14(2)21-16(13-31(30-21)23-18(25)11-17(12-29-23)24(26,27)28)7-5-9-35-22-15(10-20(32)33)6-4-8-19(22)34-3/h4,6,8,11-14H,5,7,9-10H2,1-3H3,(H,32,33). The number of alkyl halides is 3. The van der Waals surface area contributed by atoms with E-state index in [0.29, 0.717) is 29.9 Å². The highest BCUT2D eigenvalue weighted by Crippen LogP contribution is 2.33. The molecular weight excluding hydrogens is 487 g/mol. The van der Waals surface area contributed by atoms with Crippen LogP contribution in [0.2, 0.25) is 5.02 Å². The molecule has 35 heavy (non-hydrogen) atoms. The second-order valence-corrected chi connectivity index (χ2v) is 8.54. The summed E-state index contributed by atoms with van der Waals surface area (Å²) in [6, 6.07) is 5.90. The van der Waals surface area contributed by atoms with E-state index in [1.54, 1.807) is 24.4 Å². The topological polar surface area (TPSA) is 86.5 Å². The summed E-state index contributed by atoms with van der Waals surface area (Å²) >= 11 is 6.09. The van der Waals surface area contributed by atoms with Crippen molar-refractivity contribution in [2.24, 2.45) is 0 Å². The normalized spacial score (nSPS) is 11.7. The van der Waals surface area contributed by atoms with Crippen molar-refractivity contribution in [2.75, 3.05) is 13.7 Å². The minimum absolute atomic E-state index is 0.0526. The van der Waals surface area contributed by atoms with Crippen LogP contribution >= 0.6 is 11.6 Å². The van der Waals surface area contributed by atoms with Gasteiger partial charge in [-0.05, 0) is 36.5 Å². The molecule has 0 fully saturated rings. The maximum atomic E-state index is 12.9. The van der Waals surface area contributed by atoms with E-state index in [1.165, 1.54) is 11.8 Å². The van der Waals surface area contributed by atoms with Crippen molar-refractivity contribution in [3.63, 3.8) is 0 Å². The summed E-state index contributed by atoms with van der Waals surface area (Å²) in [5.41, 5.74) is 1.23. The predicted octanol–water partition coefficient (Wildman–Crippen LogP) is 5.71. The third-order valence-corrected chi connectivity index (χ3v) is 5.47. The number of halogens is 4. The summed E-state index contributed by atoms with van der Waals surface area (Å²) < 4.78 is 51.4. The Morgan fingerprint density at radius 3 is 2.60 bits per heavy atom. The van der Waals surface area contributed by atoms with Crippen LogP contribution in [0, 0.1) is 0 Å². The zero-order valence-electron chi connectivity index (χ0n) is 19.4. The number of benzene rings is 1. The Labute approximate surface area is 205 Å². The summed E-state index contributed by atoms with van der Waals surface area (Å²) in [6.07, 6.45) is -1.17. The molecule has 0 aliphatic rings. The zero-order valence-corrected chi connectivity index (χ0v) is 20.2. The first-order valence-corrected chi connectivity index (χ1v) is 11.2. The molecule has 188 valence electrons. The third kappa shape index (κ3) is 6.45. The predicted molar refractivity (Wildman–Crippen MR) is 124 cm³/mol. The number of hydrogen-bond acceptors (Lipinski definition) is 5. The number of carboxylic acids is 1. The Morgan fingerprint density at radius 2 is 2.00 bits per heavy atom. The Balaban J connectivity index is 1.75. The van der Waals surface area contributed by atoms with Gasteiger partial charge in [0.25, 0.3) is 0 Å². The number of rotatable bonds is 10. The maximum absolute atomic E-state index is 12.9. The molecule has 0 amide bonds.